The number of benzene rings is 6. The molecule has 0 atom stereocenters. The minimum atomic E-state index is 1.04. The Morgan fingerprint density at radius 3 is 1.86 bits per heavy atom. The molecule has 3 aromatic heterocycles. The molecule has 42 heavy (non-hydrogen) atoms. The number of para-hydroxylation sites is 1. The van der Waals surface area contributed by atoms with Gasteiger partial charge in [0.25, 0.3) is 0 Å². The van der Waals surface area contributed by atoms with E-state index in [1.54, 1.807) is 11.3 Å². The van der Waals surface area contributed by atoms with Gasteiger partial charge in [0, 0.05) is 63.0 Å². The summed E-state index contributed by atoms with van der Waals surface area (Å²) in [5, 5.41) is 6.27. The fourth-order valence-electron chi connectivity index (χ4n) is 5.93. The average molecular weight is 591 g/mol. The predicted octanol–water partition coefficient (Wildman–Crippen LogP) is 12.2. The summed E-state index contributed by atoms with van der Waals surface area (Å²) in [4.78, 5) is 7.36. The van der Waals surface area contributed by atoms with Crippen LogP contribution in [0.3, 0.4) is 0 Å². The molecule has 0 N–H and O–H groups in total. The van der Waals surface area contributed by atoms with Crippen LogP contribution in [0.4, 0.5) is 17.1 Å². The van der Waals surface area contributed by atoms with Crippen molar-refractivity contribution >= 4 is 102 Å². The van der Waals surface area contributed by atoms with Gasteiger partial charge in [0.05, 0.1) is 10.2 Å². The van der Waals surface area contributed by atoms with Crippen LogP contribution in [-0.4, -0.2) is 4.98 Å². The lowest BCUT2D eigenvalue weighted by molar-refractivity contribution is 1.30. The van der Waals surface area contributed by atoms with Crippen LogP contribution < -0.4 is 4.90 Å². The van der Waals surface area contributed by atoms with Gasteiger partial charge in [-0.25, -0.2) is 4.98 Å². The number of fused-ring (bicyclic) bond motifs is 7. The first kappa shape index (κ1) is 24.1. The van der Waals surface area contributed by atoms with E-state index in [4.69, 9.17) is 4.98 Å². The molecule has 0 saturated carbocycles. The van der Waals surface area contributed by atoms with Crippen molar-refractivity contribution < 1.29 is 0 Å². The van der Waals surface area contributed by atoms with Crippen molar-refractivity contribution in [1.29, 1.82) is 0 Å². The Balaban J connectivity index is 1.26. The van der Waals surface area contributed by atoms with Gasteiger partial charge in [-0.1, -0.05) is 66.7 Å². The molecule has 2 nitrogen and oxygen atoms in total. The molecule has 3 heterocycles. The summed E-state index contributed by atoms with van der Waals surface area (Å²) in [6.45, 7) is 0. The van der Waals surface area contributed by atoms with Crippen LogP contribution in [0.15, 0.2) is 133 Å². The normalized spacial score (nSPS) is 11.8. The zero-order valence-electron chi connectivity index (χ0n) is 22.3. The van der Waals surface area contributed by atoms with E-state index >= 15 is 0 Å². The number of rotatable bonds is 4. The van der Waals surface area contributed by atoms with Gasteiger partial charge in [-0.15, -0.1) is 34.0 Å². The maximum absolute atomic E-state index is 4.97. The lowest BCUT2D eigenvalue weighted by atomic mass is 10.1. The van der Waals surface area contributed by atoms with Crippen molar-refractivity contribution in [2.75, 3.05) is 4.90 Å². The third kappa shape index (κ3) is 3.86. The molecular weight excluding hydrogens is 569 g/mol. The molecule has 0 amide bonds. The zero-order chi connectivity index (χ0) is 27.6. The average Bonchev–Trinajstić information content (AvgIpc) is 3.74. The number of hydrogen-bond acceptors (Lipinski definition) is 5. The highest BCUT2D eigenvalue weighted by molar-refractivity contribution is 7.26. The molecule has 9 aromatic rings. The smallest absolute Gasteiger partial charge is 0.124 e. The number of nitrogens with zero attached hydrogens (tertiary/aromatic N) is 2. The third-order valence-corrected chi connectivity index (χ3v) is 11.3. The Labute approximate surface area is 254 Å². The summed E-state index contributed by atoms with van der Waals surface area (Å²) in [6, 6.07) is 48.4. The van der Waals surface area contributed by atoms with Gasteiger partial charge in [0.2, 0.25) is 0 Å². The molecule has 0 aliphatic rings. The largest absolute Gasteiger partial charge is 0.310 e. The Bertz CT molecular complexity index is 2410. The quantitative estimate of drug-likeness (QED) is 0.203. The number of thiophene rings is 2. The summed E-state index contributed by atoms with van der Waals surface area (Å²) in [5.41, 5.74) is 5.59. The van der Waals surface area contributed by atoms with Crippen LogP contribution in [-0.2, 0) is 0 Å². The van der Waals surface area contributed by atoms with E-state index in [1.165, 1.54) is 45.0 Å². The van der Waals surface area contributed by atoms with Crippen LogP contribution in [0.25, 0.3) is 61.1 Å². The van der Waals surface area contributed by atoms with Crippen molar-refractivity contribution in [3.63, 3.8) is 0 Å². The Morgan fingerprint density at radius 2 is 1.02 bits per heavy atom. The minimum absolute atomic E-state index is 1.04. The van der Waals surface area contributed by atoms with Crippen LogP contribution >= 0.6 is 34.0 Å². The van der Waals surface area contributed by atoms with Crippen molar-refractivity contribution in [2.45, 2.75) is 0 Å². The Morgan fingerprint density at radius 1 is 0.405 bits per heavy atom. The minimum Gasteiger partial charge on any atom is -0.310 e. The summed E-state index contributed by atoms with van der Waals surface area (Å²) in [5.74, 6) is 0. The fraction of sp³-hybridized carbons (Fsp3) is 0. The summed E-state index contributed by atoms with van der Waals surface area (Å²) in [6.07, 6.45) is 0. The van der Waals surface area contributed by atoms with Gasteiger partial charge in [0.1, 0.15) is 5.01 Å². The molecule has 0 bridgehead atoms. The van der Waals surface area contributed by atoms with Crippen LogP contribution in [0.2, 0.25) is 0 Å². The topological polar surface area (TPSA) is 16.1 Å². The van der Waals surface area contributed by atoms with Gasteiger partial charge in [-0.05, 0) is 66.7 Å². The maximum Gasteiger partial charge on any atom is 0.124 e. The number of thiazole rings is 1. The predicted molar refractivity (Wildman–Crippen MR) is 186 cm³/mol. The van der Waals surface area contributed by atoms with Crippen molar-refractivity contribution in [1.82, 2.24) is 4.98 Å². The molecule has 0 unspecified atom stereocenters. The lowest BCUT2D eigenvalue weighted by Gasteiger charge is -2.26. The molecule has 6 aromatic carbocycles. The van der Waals surface area contributed by atoms with E-state index in [2.05, 4.69) is 138 Å². The van der Waals surface area contributed by atoms with Crippen molar-refractivity contribution in [3.8, 4) is 10.6 Å². The third-order valence-electron chi connectivity index (χ3n) is 7.88. The molecule has 0 aliphatic carbocycles. The molecule has 0 spiro atoms. The zero-order valence-corrected chi connectivity index (χ0v) is 24.8. The Kier molecular flexibility index (Phi) is 5.45. The number of anilines is 3. The Hall–Kier alpha value is -4.55. The standard InChI is InChI=1S/C37H22N2S3/c1-4-13-32-27(10-1)29-18-16-26(22-36(29)41-32)39(25-17-19-34-30(21-25)28-11-2-5-14-33(28)40-34)24-9-7-8-23(20-24)37-38-31-12-3-6-15-35(31)42-37/h1-22H. The van der Waals surface area contributed by atoms with E-state index in [0.717, 1.165) is 33.1 Å². The van der Waals surface area contributed by atoms with Gasteiger partial charge < -0.3 is 4.90 Å². The fourth-order valence-corrected chi connectivity index (χ4v) is 9.12. The number of hydrogen-bond donors (Lipinski definition) is 0. The second kappa shape index (κ2) is 9.50. The maximum atomic E-state index is 4.97. The highest BCUT2D eigenvalue weighted by Gasteiger charge is 2.18. The van der Waals surface area contributed by atoms with Gasteiger partial charge >= 0.3 is 0 Å². The first-order chi connectivity index (χ1) is 20.8. The van der Waals surface area contributed by atoms with Gasteiger partial charge in [-0.2, -0.15) is 0 Å². The van der Waals surface area contributed by atoms with Crippen molar-refractivity contribution in [2.24, 2.45) is 0 Å². The molecule has 0 radical (unpaired) electrons. The first-order valence-electron chi connectivity index (χ1n) is 13.9. The van der Waals surface area contributed by atoms with Crippen LogP contribution in [0.5, 0.6) is 0 Å². The molecule has 0 saturated heterocycles. The highest BCUT2D eigenvalue weighted by Crippen LogP contribution is 2.44. The molecule has 198 valence electrons. The van der Waals surface area contributed by atoms with Crippen LogP contribution in [0.1, 0.15) is 0 Å². The van der Waals surface area contributed by atoms with Gasteiger partial charge in [0.15, 0.2) is 0 Å². The van der Waals surface area contributed by atoms with E-state index < -0.39 is 0 Å². The van der Waals surface area contributed by atoms with E-state index in [9.17, 15) is 0 Å². The summed E-state index contributed by atoms with van der Waals surface area (Å²) in [7, 11) is 0. The second-order valence-electron chi connectivity index (χ2n) is 10.4. The van der Waals surface area contributed by atoms with E-state index in [0.29, 0.717) is 0 Å². The molecule has 0 fully saturated rings. The SMILES string of the molecule is c1cc(-c2nc3ccccc3s2)cc(N(c2ccc3c(c2)sc2ccccc23)c2ccc3sc4ccccc4c3c2)c1. The van der Waals surface area contributed by atoms with Crippen molar-refractivity contribution in [3.05, 3.63) is 133 Å². The van der Waals surface area contributed by atoms with Gasteiger partial charge in [-0.3, -0.25) is 0 Å². The molecule has 0 aliphatic heterocycles. The molecular formula is C37H22N2S3. The lowest BCUT2D eigenvalue weighted by Crippen LogP contribution is -2.09. The van der Waals surface area contributed by atoms with E-state index in [-0.39, 0.29) is 0 Å². The summed E-state index contributed by atoms with van der Waals surface area (Å²) >= 11 is 5.46. The monoisotopic (exact) mass is 590 g/mol. The highest BCUT2D eigenvalue weighted by atomic mass is 32.1. The second-order valence-corrected chi connectivity index (χ2v) is 13.6. The molecule has 9 rings (SSSR count). The van der Waals surface area contributed by atoms with Crippen LogP contribution in [0, 0.1) is 0 Å². The van der Waals surface area contributed by atoms with E-state index in [1.807, 2.05) is 22.7 Å². The first-order valence-corrected chi connectivity index (χ1v) is 16.3. The molecule has 5 heteroatoms. The summed E-state index contributed by atoms with van der Waals surface area (Å²) < 4.78 is 6.45. The number of aromatic nitrogens is 1.